The number of amides is 3. The number of piperazine rings is 1. The molecule has 0 radical (unpaired) electrons. The summed E-state index contributed by atoms with van der Waals surface area (Å²) >= 11 is 0. The van der Waals surface area contributed by atoms with E-state index in [4.69, 9.17) is 14.2 Å². The molecule has 3 amide bonds. The van der Waals surface area contributed by atoms with E-state index in [0.717, 1.165) is 11.1 Å². The maximum Gasteiger partial charge on any atom is 0.410 e. The van der Waals surface area contributed by atoms with E-state index in [1.54, 1.807) is 9.80 Å². The lowest BCUT2D eigenvalue weighted by molar-refractivity contribution is -0.155. The average molecular weight is 482 g/mol. The van der Waals surface area contributed by atoms with E-state index in [2.05, 4.69) is 0 Å². The molecule has 9 nitrogen and oxygen atoms in total. The summed E-state index contributed by atoms with van der Waals surface area (Å²) in [6.45, 7) is 3.84. The van der Waals surface area contributed by atoms with E-state index in [0.29, 0.717) is 52.5 Å². The van der Waals surface area contributed by atoms with Crippen LogP contribution >= 0.6 is 0 Å². The molecule has 0 bridgehead atoms. The van der Waals surface area contributed by atoms with Crippen LogP contribution in [0.1, 0.15) is 11.1 Å². The highest BCUT2D eigenvalue weighted by molar-refractivity contribution is 5.79. The molecule has 1 atom stereocenters. The van der Waals surface area contributed by atoms with Gasteiger partial charge in [-0.15, -0.1) is 0 Å². The molecular formula is C26H31N3O6. The quantitative estimate of drug-likeness (QED) is 0.590. The second kappa shape index (κ2) is 12.2. The number of nitrogens with zero attached hydrogens (tertiary/aromatic N) is 3. The Bertz CT molecular complexity index is 973. The summed E-state index contributed by atoms with van der Waals surface area (Å²) in [7, 11) is 0. The largest absolute Gasteiger partial charge is 0.458 e. The van der Waals surface area contributed by atoms with Crippen LogP contribution in [0.4, 0.5) is 9.59 Å². The van der Waals surface area contributed by atoms with E-state index in [9.17, 15) is 14.4 Å². The van der Waals surface area contributed by atoms with Crippen molar-refractivity contribution in [3.05, 3.63) is 71.8 Å². The van der Waals surface area contributed by atoms with Gasteiger partial charge in [0.15, 0.2) is 0 Å². The number of ether oxygens (including phenoxy) is 3. The Balaban J connectivity index is 1.33. The molecule has 2 fully saturated rings. The fourth-order valence-electron chi connectivity index (χ4n) is 4.05. The Hall–Kier alpha value is -3.59. The van der Waals surface area contributed by atoms with Crippen molar-refractivity contribution in [2.45, 2.75) is 19.1 Å². The minimum absolute atomic E-state index is 0.0345. The number of benzene rings is 2. The zero-order valence-corrected chi connectivity index (χ0v) is 19.7. The first-order valence-electron chi connectivity index (χ1n) is 11.9. The zero-order chi connectivity index (χ0) is 24.5. The average Bonchev–Trinajstić information content (AvgIpc) is 2.92. The first kappa shape index (κ1) is 24.5. The second-order valence-corrected chi connectivity index (χ2v) is 8.51. The van der Waals surface area contributed by atoms with Crippen LogP contribution < -0.4 is 0 Å². The molecule has 2 aromatic rings. The predicted octanol–water partition coefficient (Wildman–Crippen LogP) is 2.55. The predicted molar refractivity (Wildman–Crippen MR) is 128 cm³/mol. The molecule has 0 N–H and O–H groups in total. The molecule has 0 spiro atoms. The van der Waals surface area contributed by atoms with E-state index >= 15 is 0 Å². The Kier molecular flexibility index (Phi) is 8.56. The first-order chi connectivity index (χ1) is 17.1. The van der Waals surface area contributed by atoms with Gasteiger partial charge in [-0.2, -0.15) is 0 Å². The van der Waals surface area contributed by atoms with E-state index in [1.807, 2.05) is 60.7 Å². The molecule has 2 aliphatic rings. The highest BCUT2D eigenvalue weighted by Gasteiger charge is 2.32. The van der Waals surface area contributed by atoms with Gasteiger partial charge < -0.3 is 28.9 Å². The van der Waals surface area contributed by atoms with E-state index in [-0.39, 0.29) is 19.1 Å². The Morgan fingerprint density at radius 1 is 0.743 bits per heavy atom. The lowest BCUT2D eigenvalue weighted by Crippen LogP contribution is -2.56. The summed E-state index contributed by atoms with van der Waals surface area (Å²) in [5, 5.41) is 0. The molecule has 4 rings (SSSR count). The SMILES string of the molecule is O=C(OCc1ccccc1)[C@H](Cc1ccccc1)OC(=O)N1CCN(C(=O)N2CCOCC2)CC1. The van der Waals surface area contributed by atoms with Crippen LogP contribution in [0, 0.1) is 0 Å². The number of esters is 1. The van der Waals surface area contributed by atoms with Crippen LogP contribution in [0.3, 0.4) is 0 Å². The number of carbonyl (C=O) groups is 3. The highest BCUT2D eigenvalue weighted by atomic mass is 16.6. The van der Waals surface area contributed by atoms with Crippen molar-refractivity contribution < 1.29 is 28.6 Å². The topological polar surface area (TPSA) is 88.6 Å². The van der Waals surface area contributed by atoms with Gasteiger partial charge in [0.25, 0.3) is 0 Å². The molecule has 0 aliphatic carbocycles. The number of hydrogen-bond acceptors (Lipinski definition) is 6. The number of rotatable bonds is 6. The maximum atomic E-state index is 12.9. The minimum atomic E-state index is -1.07. The summed E-state index contributed by atoms with van der Waals surface area (Å²) in [5.41, 5.74) is 1.72. The molecular weight excluding hydrogens is 450 g/mol. The molecule has 9 heteroatoms. The van der Waals surface area contributed by atoms with Crippen LogP contribution in [0.5, 0.6) is 0 Å². The zero-order valence-electron chi connectivity index (χ0n) is 19.7. The number of carbonyl (C=O) groups excluding carboxylic acids is 3. The lowest BCUT2D eigenvalue weighted by atomic mass is 10.1. The van der Waals surface area contributed by atoms with Gasteiger partial charge in [-0.1, -0.05) is 60.7 Å². The fourth-order valence-corrected chi connectivity index (χ4v) is 4.05. The second-order valence-electron chi connectivity index (χ2n) is 8.51. The van der Waals surface area contributed by atoms with E-state index < -0.39 is 18.2 Å². The molecule has 2 heterocycles. The highest BCUT2D eigenvalue weighted by Crippen LogP contribution is 2.14. The third kappa shape index (κ3) is 6.95. The summed E-state index contributed by atoms with van der Waals surface area (Å²) in [6, 6.07) is 18.7. The minimum Gasteiger partial charge on any atom is -0.458 e. The molecule has 186 valence electrons. The van der Waals surface area contributed by atoms with Gasteiger partial charge >= 0.3 is 18.1 Å². The van der Waals surface area contributed by atoms with Gasteiger partial charge in [0.05, 0.1) is 13.2 Å². The van der Waals surface area contributed by atoms with Gasteiger partial charge in [0.1, 0.15) is 6.61 Å². The maximum absolute atomic E-state index is 12.9. The number of urea groups is 1. The summed E-state index contributed by atoms with van der Waals surface area (Å²) < 4.78 is 16.4. The standard InChI is InChI=1S/C26H31N3O6/c30-24(34-20-22-9-5-2-6-10-22)23(19-21-7-3-1-4-8-21)35-26(32)29-13-11-27(12-14-29)25(31)28-15-17-33-18-16-28/h1-10,23H,11-20H2/t23-/m0/s1. The van der Waals surface area contributed by atoms with Gasteiger partial charge in [-0.05, 0) is 11.1 Å². The van der Waals surface area contributed by atoms with Gasteiger partial charge in [0.2, 0.25) is 6.10 Å². The smallest absolute Gasteiger partial charge is 0.410 e. The van der Waals surface area contributed by atoms with Crippen molar-refractivity contribution in [1.82, 2.24) is 14.7 Å². The Morgan fingerprint density at radius 2 is 1.29 bits per heavy atom. The number of hydrogen-bond donors (Lipinski definition) is 0. The molecule has 0 saturated carbocycles. The van der Waals surface area contributed by atoms with Gasteiger partial charge in [-0.25, -0.2) is 14.4 Å². The first-order valence-corrected chi connectivity index (χ1v) is 11.9. The van der Waals surface area contributed by atoms with Crippen molar-refractivity contribution in [3.8, 4) is 0 Å². The van der Waals surface area contributed by atoms with Crippen LogP contribution in [0.2, 0.25) is 0 Å². The van der Waals surface area contributed by atoms with Crippen LogP contribution in [0.15, 0.2) is 60.7 Å². The molecule has 2 saturated heterocycles. The molecule has 0 unspecified atom stereocenters. The Morgan fingerprint density at radius 3 is 1.91 bits per heavy atom. The van der Waals surface area contributed by atoms with Crippen LogP contribution in [-0.2, 0) is 32.0 Å². The van der Waals surface area contributed by atoms with Crippen molar-refractivity contribution in [3.63, 3.8) is 0 Å². The molecule has 0 aromatic heterocycles. The lowest BCUT2D eigenvalue weighted by Gasteiger charge is -2.38. The summed E-state index contributed by atoms with van der Waals surface area (Å²) in [5.74, 6) is -0.591. The molecule has 2 aromatic carbocycles. The van der Waals surface area contributed by atoms with Crippen molar-refractivity contribution in [1.29, 1.82) is 0 Å². The fraction of sp³-hybridized carbons (Fsp3) is 0.423. The van der Waals surface area contributed by atoms with Gasteiger partial charge in [0, 0.05) is 45.7 Å². The van der Waals surface area contributed by atoms with Crippen molar-refractivity contribution in [2.75, 3.05) is 52.5 Å². The number of morpholine rings is 1. The van der Waals surface area contributed by atoms with Crippen LogP contribution in [-0.4, -0.2) is 91.4 Å². The van der Waals surface area contributed by atoms with Crippen molar-refractivity contribution >= 4 is 18.1 Å². The Labute approximate surface area is 205 Å². The summed E-state index contributed by atoms with van der Waals surface area (Å²) in [4.78, 5) is 43.5. The normalized spacial score (nSPS) is 17.0. The molecule has 2 aliphatic heterocycles. The van der Waals surface area contributed by atoms with Crippen molar-refractivity contribution in [2.24, 2.45) is 0 Å². The summed E-state index contributed by atoms with van der Waals surface area (Å²) in [6.07, 6.45) is -1.43. The van der Waals surface area contributed by atoms with Gasteiger partial charge in [-0.3, -0.25) is 0 Å². The third-order valence-electron chi connectivity index (χ3n) is 6.08. The third-order valence-corrected chi connectivity index (χ3v) is 6.08. The molecule has 35 heavy (non-hydrogen) atoms. The van der Waals surface area contributed by atoms with Crippen LogP contribution in [0.25, 0.3) is 0 Å². The van der Waals surface area contributed by atoms with E-state index in [1.165, 1.54) is 4.90 Å². The monoisotopic (exact) mass is 481 g/mol.